The number of anilines is 1. The first-order valence-electron chi connectivity index (χ1n) is 7.15. The highest BCUT2D eigenvalue weighted by Crippen LogP contribution is 2.23. The maximum atomic E-state index is 5.62. The van der Waals surface area contributed by atoms with Crippen LogP contribution in [-0.2, 0) is 4.74 Å². The number of ether oxygens (including phenoxy) is 1. The Kier molecular flexibility index (Phi) is 3.84. The van der Waals surface area contributed by atoms with Gasteiger partial charge in [-0.05, 0) is 19.5 Å². The van der Waals surface area contributed by atoms with Crippen molar-refractivity contribution in [3.8, 4) is 0 Å². The number of hydrogen-bond acceptors (Lipinski definition) is 5. The molecule has 0 saturated carbocycles. The van der Waals surface area contributed by atoms with Crippen molar-refractivity contribution >= 4 is 11.3 Å². The minimum Gasteiger partial charge on any atom is -0.377 e. The van der Waals surface area contributed by atoms with Crippen molar-refractivity contribution in [2.45, 2.75) is 19.9 Å². The SMILES string of the molecule is CCNCC1COCCN1c1nccn2nc(C)cc12. The molecule has 3 rings (SSSR count). The van der Waals surface area contributed by atoms with Crippen molar-refractivity contribution in [2.75, 3.05) is 37.7 Å². The Morgan fingerprint density at radius 3 is 3.25 bits per heavy atom. The average Bonchev–Trinajstić information content (AvgIpc) is 2.85. The maximum Gasteiger partial charge on any atom is 0.155 e. The lowest BCUT2D eigenvalue weighted by Gasteiger charge is -2.36. The summed E-state index contributed by atoms with van der Waals surface area (Å²) in [6, 6.07) is 2.40. The molecular weight excluding hydrogens is 254 g/mol. The highest BCUT2D eigenvalue weighted by atomic mass is 16.5. The molecule has 1 aliphatic rings. The molecule has 1 unspecified atom stereocenters. The Labute approximate surface area is 118 Å². The van der Waals surface area contributed by atoms with Crippen molar-refractivity contribution < 1.29 is 4.74 Å². The highest BCUT2D eigenvalue weighted by molar-refractivity contribution is 5.69. The summed E-state index contributed by atoms with van der Waals surface area (Å²) in [5.41, 5.74) is 2.07. The van der Waals surface area contributed by atoms with E-state index < -0.39 is 0 Å². The number of aryl methyl sites for hydroxylation is 1. The first kappa shape index (κ1) is 13.3. The molecule has 6 heteroatoms. The summed E-state index contributed by atoms with van der Waals surface area (Å²) in [6.45, 7) is 8.36. The van der Waals surface area contributed by atoms with Gasteiger partial charge in [0, 0.05) is 25.5 Å². The van der Waals surface area contributed by atoms with Crippen molar-refractivity contribution in [1.29, 1.82) is 0 Å². The second-order valence-corrected chi connectivity index (χ2v) is 5.10. The molecule has 3 heterocycles. The first-order chi connectivity index (χ1) is 9.79. The molecule has 20 heavy (non-hydrogen) atoms. The molecule has 0 aliphatic carbocycles. The quantitative estimate of drug-likeness (QED) is 0.896. The van der Waals surface area contributed by atoms with Gasteiger partial charge in [0.2, 0.25) is 0 Å². The van der Waals surface area contributed by atoms with E-state index in [4.69, 9.17) is 4.74 Å². The predicted molar refractivity (Wildman–Crippen MR) is 78.2 cm³/mol. The third-order valence-electron chi connectivity index (χ3n) is 3.62. The van der Waals surface area contributed by atoms with Crippen molar-refractivity contribution in [3.63, 3.8) is 0 Å². The summed E-state index contributed by atoms with van der Waals surface area (Å²) in [6.07, 6.45) is 3.71. The second-order valence-electron chi connectivity index (χ2n) is 5.10. The third-order valence-corrected chi connectivity index (χ3v) is 3.62. The highest BCUT2D eigenvalue weighted by Gasteiger charge is 2.25. The van der Waals surface area contributed by atoms with Crippen molar-refractivity contribution in [3.05, 3.63) is 24.2 Å². The zero-order valence-corrected chi connectivity index (χ0v) is 12.0. The zero-order chi connectivity index (χ0) is 13.9. The number of fused-ring (bicyclic) bond motifs is 1. The summed E-state index contributed by atoms with van der Waals surface area (Å²) >= 11 is 0. The van der Waals surface area contributed by atoms with E-state index in [0.717, 1.165) is 49.9 Å². The number of nitrogens with zero attached hydrogens (tertiary/aromatic N) is 4. The minimum atomic E-state index is 0.317. The van der Waals surface area contributed by atoms with E-state index in [9.17, 15) is 0 Å². The number of likely N-dealkylation sites (N-methyl/N-ethyl adjacent to an activating group) is 1. The van der Waals surface area contributed by atoms with Crippen LogP contribution in [0.3, 0.4) is 0 Å². The van der Waals surface area contributed by atoms with E-state index in [1.54, 1.807) is 0 Å². The van der Waals surface area contributed by atoms with Crippen LogP contribution in [0.15, 0.2) is 18.5 Å². The standard InChI is InChI=1S/C14H21N5O/c1-3-15-9-12-10-20-7-6-18(12)14-13-8-11(2)17-19(13)5-4-16-14/h4-5,8,12,15H,3,6-7,9-10H2,1-2H3. The fourth-order valence-corrected chi connectivity index (χ4v) is 2.67. The Hall–Kier alpha value is -1.66. The average molecular weight is 275 g/mol. The van der Waals surface area contributed by atoms with E-state index in [-0.39, 0.29) is 0 Å². The molecule has 1 aliphatic heterocycles. The van der Waals surface area contributed by atoms with Crippen LogP contribution in [0.1, 0.15) is 12.6 Å². The number of aromatic nitrogens is 3. The maximum absolute atomic E-state index is 5.62. The number of morpholine rings is 1. The van der Waals surface area contributed by atoms with Crippen molar-refractivity contribution in [1.82, 2.24) is 19.9 Å². The fourth-order valence-electron chi connectivity index (χ4n) is 2.67. The lowest BCUT2D eigenvalue weighted by atomic mass is 10.2. The zero-order valence-electron chi connectivity index (χ0n) is 12.0. The van der Waals surface area contributed by atoms with E-state index in [2.05, 4.69) is 33.3 Å². The van der Waals surface area contributed by atoms with Crippen molar-refractivity contribution in [2.24, 2.45) is 0 Å². The predicted octanol–water partition coefficient (Wildman–Crippen LogP) is 0.852. The normalized spacial score (nSPS) is 19.7. The summed E-state index contributed by atoms with van der Waals surface area (Å²) in [5, 5.41) is 7.86. The molecule has 1 fully saturated rings. The summed E-state index contributed by atoms with van der Waals surface area (Å²) in [5.74, 6) is 0.999. The molecule has 1 saturated heterocycles. The third kappa shape index (κ3) is 2.48. The van der Waals surface area contributed by atoms with Crippen LogP contribution < -0.4 is 10.2 Å². The van der Waals surface area contributed by atoms with Crippen LogP contribution in [0.2, 0.25) is 0 Å². The number of hydrogen-bond donors (Lipinski definition) is 1. The van der Waals surface area contributed by atoms with Crippen LogP contribution in [0, 0.1) is 6.92 Å². The lowest BCUT2D eigenvalue weighted by Crippen LogP contribution is -2.51. The van der Waals surface area contributed by atoms with Crippen LogP contribution in [0.5, 0.6) is 0 Å². The van der Waals surface area contributed by atoms with Crippen LogP contribution in [0.4, 0.5) is 5.82 Å². The van der Waals surface area contributed by atoms with Crippen LogP contribution in [0.25, 0.3) is 5.52 Å². The van der Waals surface area contributed by atoms with E-state index in [1.165, 1.54) is 0 Å². The number of rotatable bonds is 4. The van der Waals surface area contributed by atoms with Gasteiger partial charge < -0.3 is 15.0 Å². The molecule has 0 spiro atoms. The fraction of sp³-hybridized carbons (Fsp3) is 0.571. The van der Waals surface area contributed by atoms with Gasteiger partial charge in [-0.1, -0.05) is 6.92 Å². The number of nitrogens with one attached hydrogen (secondary N) is 1. The molecule has 1 N–H and O–H groups in total. The molecule has 108 valence electrons. The van der Waals surface area contributed by atoms with Gasteiger partial charge in [-0.25, -0.2) is 9.50 Å². The van der Waals surface area contributed by atoms with E-state index in [1.807, 2.05) is 23.8 Å². The van der Waals surface area contributed by atoms with Gasteiger partial charge >= 0.3 is 0 Å². The molecule has 0 bridgehead atoms. The second kappa shape index (κ2) is 5.76. The topological polar surface area (TPSA) is 54.7 Å². The smallest absolute Gasteiger partial charge is 0.155 e. The Balaban J connectivity index is 1.94. The van der Waals surface area contributed by atoms with E-state index in [0.29, 0.717) is 6.04 Å². The summed E-state index contributed by atoms with van der Waals surface area (Å²) in [4.78, 5) is 6.92. The Bertz CT molecular complexity index is 582. The van der Waals surface area contributed by atoms with Gasteiger partial charge in [0.15, 0.2) is 5.82 Å². The van der Waals surface area contributed by atoms with Crippen LogP contribution >= 0.6 is 0 Å². The summed E-state index contributed by atoms with van der Waals surface area (Å²) < 4.78 is 7.52. The molecular formula is C14H21N5O. The van der Waals surface area contributed by atoms with Gasteiger partial charge in [-0.2, -0.15) is 5.10 Å². The van der Waals surface area contributed by atoms with E-state index >= 15 is 0 Å². The molecule has 2 aromatic heterocycles. The molecule has 1 atom stereocenters. The minimum absolute atomic E-state index is 0.317. The molecule has 0 amide bonds. The lowest BCUT2D eigenvalue weighted by molar-refractivity contribution is 0.0936. The van der Waals surface area contributed by atoms with Gasteiger partial charge in [0.05, 0.1) is 24.9 Å². The Morgan fingerprint density at radius 2 is 2.40 bits per heavy atom. The van der Waals surface area contributed by atoms with Gasteiger partial charge in [0.1, 0.15) is 5.52 Å². The Morgan fingerprint density at radius 1 is 1.50 bits per heavy atom. The largest absolute Gasteiger partial charge is 0.377 e. The first-order valence-corrected chi connectivity index (χ1v) is 7.15. The summed E-state index contributed by atoms with van der Waals surface area (Å²) in [7, 11) is 0. The van der Waals surface area contributed by atoms with Gasteiger partial charge in [-0.3, -0.25) is 0 Å². The molecule has 2 aromatic rings. The molecule has 0 radical (unpaired) electrons. The van der Waals surface area contributed by atoms with Crippen LogP contribution in [-0.4, -0.2) is 53.5 Å². The monoisotopic (exact) mass is 275 g/mol. The van der Waals surface area contributed by atoms with Gasteiger partial charge in [-0.15, -0.1) is 0 Å². The molecule has 6 nitrogen and oxygen atoms in total. The van der Waals surface area contributed by atoms with Gasteiger partial charge in [0.25, 0.3) is 0 Å². The molecule has 0 aromatic carbocycles.